The summed E-state index contributed by atoms with van der Waals surface area (Å²) >= 11 is 5.91. The van der Waals surface area contributed by atoms with E-state index < -0.39 is 12.1 Å². The molecule has 1 aliphatic rings. The molecule has 0 radical (unpaired) electrons. The summed E-state index contributed by atoms with van der Waals surface area (Å²) in [4.78, 5) is 25.9. The van der Waals surface area contributed by atoms with Gasteiger partial charge in [-0.3, -0.25) is 9.59 Å². The van der Waals surface area contributed by atoms with Crippen LogP contribution in [0.5, 0.6) is 0 Å². The lowest BCUT2D eigenvalue weighted by Crippen LogP contribution is -2.53. The number of amides is 2. The molecular weight excluding hydrogens is 304 g/mol. The Bertz CT molecular complexity index is 533. The number of hydrogen-bond acceptors (Lipinski definition) is 3. The molecule has 2 amide bonds. The van der Waals surface area contributed by atoms with E-state index in [4.69, 9.17) is 16.3 Å². The number of hydrogen-bond donors (Lipinski definition) is 1. The van der Waals surface area contributed by atoms with Crippen molar-refractivity contribution in [3.8, 4) is 0 Å². The van der Waals surface area contributed by atoms with Crippen LogP contribution in [0.15, 0.2) is 24.3 Å². The van der Waals surface area contributed by atoms with Gasteiger partial charge >= 0.3 is 0 Å². The third kappa shape index (κ3) is 3.78. The smallest absolute Gasteiger partial charge is 0.251 e. The zero-order valence-corrected chi connectivity index (χ0v) is 13.6. The summed E-state index contributed by atoms with van der Waals surface area (Å²) in [6, 6.07) is 6.68. The van der Waals surface area contributed by atoms with Crippen LogP contribution in [-0.2, 0) is 14.3 Å². The number of carbonyl (C=O) groups is 2. The van der Waals surface area contributed by atoms with Crippen LogP contribution in [0.3, 0.4) is 0 Å². The molecule has 1 heterocycles. The van der Waals surface area contributed by atoms with E-state index in [9.17, 15) is 9.59 Å². The average Bonchev–Trinajstić information content (AvgIpc) is 2.51. The van der Waals surface area contributed by atoms with E-state index in [0.717, 1.165) is 18.4 Å². The molecule has 120 valence electrons. The quantitative estimate of drug-likeness (QED) is 0.844. The van der Waals surface area contributed by atoms with Gasteiger partial charge in [-0.15, -0.1) is 0 Å². The van der Waals surface area contributed by atoms with Crippen molar-refractivity contribution >= 4 is 23.4 Å². The summed E-state index contributed by atoms with van der Waals surface area (Å²) < 4.78 is 5.51. The first-order valence-corrected chi connectivity index (χ1v) is 7.82. The van der Waals surface area contributed by atoms with E-state index >= 15 is 0 Å². The highest BCUT2D eigenvalue weighted by Gasteiger charge is 2.39. The summed E-state index contributed by atoms with van der Waals surface area (Å²) in [5.74, 6) is -0.328. The van der Waals surface area contributed by atoms with Gasteiger partial charge in [-0.25, -0.2) is 0 Å². The fourth-order valence-electron chi connectivity index (χ4n) is 2.48. The maximum absolute atomic E-state index is 12.4. The van der Waals surface area contributed by atoms with Gasteiger partial charge in [-0.1, -0.05) is 37.1 Å². The molecule has 2 unspecified atom stereocenters. The third-order valence-electron chi connectivity index (χ3n) is 3.78. The molecule has 2 rings (SSSR count). The molecule has 2 atom stereocenters. The molecule has 1 aromatic rings. The molecule has 1 aromatic carbocycles. The second-order valence-electron chi connectivity index (χ2n) is 5.38. The highest BCUT2D eigenvalue weighted by molar-refractivity contribution is 6.30. The molecule has 0 aliphatic carbocycles. The molecule has 22 heavy (non-hydrogen) atoms. The van der Waals surface area contributed by atoms with Crippen molar-refractivity contribution in [3.05, 3.63) is 34.9 Å². The Labute approximate surface area is 135 Å². The number of likely N-dealkylation sites (N-methyl/N-ethyl adjacent to an activating group) is 1. The summed E-state index contributed by atoms with van der Waals surface area (Å²) in [6.45, 7) is 2.60. The number of unbranched alkanes of at least 4 members (excludes halogenated alkanes) is 1. The summed E-state index contributed by atoms with van der Waals surface area (Å²) in [5.41, 5.74) is 0.829. The first kappa shape index (κ1) is 16.8. The van der Waals surface area contributed by atoms with Crippen molar-refractivity contribution in [1.82, 2.24) is 10.2 Å². The first-order valence-electron chi connectivity index (χ1n) is 7.45. The van der Waals surface area contributed by atoms with E-state index in [1.807, 2.05) is 12.1 Å². The van der Waals surface area contributed by atoms with E-state index in [2.05, 4.69) is 12.2 Å². The van der Waals surface area contributed by atoms with Crippen LogP contribution in [0.25, 0.3) is 0 Å². The zero-order valence-electron chi connectivity index (χ0n) is 12.8. The molecule has 1 N–H and O–H groups in total. The van der Waals surface area contributed by atoms with Crippen LogP contribution in [0, 0.1) is 0 Å². The van der Waals surface area contributed by atoms with E-state index in [-0.39, 0.29) is 18.4 Å². The van der Waals surface area contributed by atoms with Crippen LogP contribution in [-0.4, -0.2) is 43.0 Å². The highest BCUT2D eigenvalue weighted by atomic mass is 35.5. The maximum atomic E-state index is 12.4. The Hall–Kier alpha value is -1.59. The van der Waals surface area contributed by atoms with Crippen molar-refractivity contribution in [2.75, 3.05) is 20.2 Å². The zero-order chi connectivity index (χ0) is 16.1. The predicted molar refractivity (Wildman–Crippen MR) is 84.6 cm³/mol. The molecule has 0 aromatic heterocycles. The van der Waals surface area contributed by atoms with Crippen molar-refractivity contribution in [2.45, 2.75) is 31.9 Å². The minimum atomic E-state index is -0.708. The van der Waals surface area contributed by atoms with Crippen LogP contribution < -0.4 is 5.32 Å². The second kappa shape index (κ2) is 7.61. The average molecular weight is 325 g/mol. The Morgan fingerprint density at radius 1 is 1.41 bits per heavy atom. The van der Waals surface area contributed by atoms with Crippen molar-refractivity contribution < 1.29 is 14.3 Å². The number of nitrogens with zero attached hydrogens (tertiary/aromatic N) is 1. The number of benzene rings is 1. The molecule has 1 fully saturated rings. The van der Waals surface area contributed by atoms with Gasteiger partial charge in [0, 0.05) is 18.6 Å². The lowest BCUT2D eigenvalue weighted by Gasteiger charge is -2.38. The minimum Gasteiger partial charge on any atom is -0.356 e. The topological polar surface area (TPSA) is 58.6 Å². The molecule has 6 heteroatoms. The lowest BCUT2D eigenvalue weighted by molar-refractivity contribution is -0.162. The fourth-order valence-corrected chi connectivity index (χ4v) is 2.60. The number of ether oxygens (including phenoxy) is 1. The minimum absolute atomic E-state index is 0.0769. The van der Waals surface area contributed by atoms with Gasteiger partial charge in [0.1, 0.15) is 6.61 Å². The van der Waals surface area contributed by atoms with Crippen LogP contribution >= 0.6 is 11.6 Å². The van der Waals surface area contributed by atoms with Crippen molar-refractivity contribution in [1.29, 1.82) is 0 Å². The number of rotatable bonds is 5. The summed E-state index contributed by atoms with van der Waals surface area (Å²) in [6.07, 6.45) is 1.21. The molecule has 1 aliphatic heterocycles. The number of halogens is 1. The Morgan fingerprint density at radius 3 is 2.73 bits per heavy atom. The number of carbonyl (C=O) groups excluding carboxylic acids is 2. The number of nitrogens with one attached hydrogen (secondary N) is 1. The van der Waals surface area contributed by atoms with Gasteiger partial charge in [0.25, 0.3) is 5.91 Å². The van der Waals surface area contributed by atoms with Crippen LogP contribution in [0.2, 0.25) is 5.02 Å². The maximum Gasteiger partial charge on any atom is 0.251 e. The normalized spacial score (nSPS) is 21.8. The van der Waals surface area contributed by atoms with E-state index in [1.165, 1.54) is 0 Å². The van der Waals surface area contributed by atoms with Crippen LogP contribution in [0.1, 0.15) is 31.4 Å². The Morgan fingerprint density at radius 2 is 2.09 bits per heavy atom. The van der Waals surface area contributed by atoms with Crippen molar-refractivity contribution in [3.63, 3.8) is 0 Å². The van der Waals surface area contributed by atoms with Gasteiger partial charge in [0.15, 0.2) is 6.10 Å². The SMILES string of the molecule is CCCCNC(=O)C1OCC(=O)N(C)C1c1ccc(Cl)cc1. The summed E-state index contributed by atoms with van der Waals surface area (Å²) in [7, 11) is 1.69. The van der Waals surface area contributed by atoms with Crippen molar-refractivity contribution in [2.24, 2.45) is 0 Å². The fraction of sp³-hybridized carbons (Fsp3) is 0.500. The van der Waals surface area contributed by atoms with Gasteiger partial charge in [0.2, 0.25) is 5.91 Å². The molecule has 0 saturated carbocycles. The molecule has 1 saturated heterocycles. The van der Waals surface area contributed by atoms with E-state index in [1.54, 1.807) is 24.1 Å². The van der Waals surface area contributed by atoms with Crippen LogP contribution in [0.4, 0.5) is 0 Å². The standard InChI is InChI=1S/C16H21ClN2O3/c1-3-4-9-18-16(21)15-14(19(2)13(20)10-22-15)11-5-7-12(17)8-6-11/h5-8,14-15H,3-4,9-10H2,1-2H3,(H,18,21). The van der Waals surface area contributed by atoms with Gasteiger partial charge in [0.05, 0.1) is 6.04 Å². The lowest BCUT2D eigenvalue weighted by atomic mass is 9.97. The first-order chi connectivity index (χ1) is 10.5. The van der Waals surface area contributed by atoms with Gasteiger partial charge in [-0.05, 0) is 24.1 Å². The third-order valence-corrected chi connectivity index (χ3v) is 4.04. The Balaban J connectivity index is 2.20. The predicted octanol–water partition coefficient (Wildman–Crippen LogP) is 2.15. The molecule has 0 spiro atoms. The Kier molecular flexibility index (Phi) is 5.80. The summed E-state index contributed by atoms with van der Waals surface area (Å²) in [5, 5.41) is 3.48. The number of morpholine rings is 1. The molecular formula is C16H21ClN2O3. The van der Waals surface area contributed by atoms with E-state index in [0.29, 0.717) is 11.6 Å². The van der Waals surface area contributed by atoms with Gasteiger partial charge in [-0.2, -0.15) is 0 Å². The van der Waals surface area contributed by atoms with Gasteiger partial charge < -0.3 is 15.0 Å². The monoisotopic (exact) mass is 324 g/mol. The molecule has 0 bridgehead atoms. The molecule has 5 nitrogen and oxygen atoms in total. The highest BCUT2D eigenvalue weighted by Crippen LogP contribution is 2.30. The largest absolute Gasteiger partial charge is 0.356 e. The second-order valence-corrected chi connectivity index (χ2v) is 5.81.